The summed E-state index contributed by atoms with van der Waals surface area (Å²) in [4.78, 5) is 10.9. The van der Waals surface area contributed by atoms with Gasteiger partial charge in [-0.2, -0.15) is 0 Å². The topological polar surface area (TPSA) is 136 Å². The summed E-state index contributed by atoms with van der Waals surface area (Å²) < 4.78 is 27.1. The third-order valence-corrected chi connectivity index (χ3v) is 5.15. The van der Waals surface area contributed by atoms with Crippen LogP contribution < -0.4 is 16.2 Å². The number of nitrogens with two attached hydrogens (primary N) is 2. The van der Waals surface area contributed by atoms with Crippen LogP contribution in [0.15, 0.2) is 53.4 Å². The van der Waals surface area contributed by atoms with Crippen molar-refractivity contribution < 1.29 is 18.3 Å². The molecule has 0 fully saturated rings. The summed E-state index contributed by atoms with van der Waals surface area (Å²) in [5.74, 6) is -1.06. The van der Waals surface area contributed by atoms with Crippen LogP contribution >= 0.6 is 0 Å². The molecular formula is C17H21N3O4S. The summed E-state index contributed by atoms with van der Waals surface area (Å²) in [5.41, 5.74) is 13.4. The molecule has 0 unspecified atom stereocenters. The van der Waals surface area contributed by atoms with Gasteiger partial charge >= 0.3 is 5.97 Å². The molecule has 0 heterocycles. The first kappa shape index (κ1) is 19.1. The SMILES string of the molecule is NCc1ccc(S(=O)(=O)NCc2ccc(C[C@H](N)C(=O)O)cc2)cc1. The molecule has 2 aromatic carbocycles. The number of hydrogen-bond donors (Lipinski definition) is 4. The lowest BCUT2D eigenvalue weighted by Crippen LogP contribution is -2.32. The third-order valence-electron chi connectivity index (χ3n) is 3.73. The zero-order valence-electron chi connectivity index (χ0n) is 13.6. The van der Waals surface area contributed by atoms with Crippen molar-refractivity contribution in [3.05, 3.63) is 65.2 Å². The number of carbonyl (C=O) groups is 1. The molecule has 0 spiro atoms. The maximum atomic E-state index is 12.3. The van der Waals surface area contributed by atoms with Crippen LogP contribution in [0.3, 0.4) is 0 Å². The van der Waals surface area contributed by atoms with Crippen molar-refractivity contribution in [2.75, 3.05) is 0 Å². The highest BCUT2D eigenvalue weighted by Gasteiger charge is 2.14. The van der Waals surface area contributed by atoms with Crippen molar-refractivity contribution in [2.45, 2.75) is 30.4 Å². The summed E-state index contributed by atoms with van der Waals surface area (Å²) >= 11 is 0. The molecule has 6 N–H and O–H groups in total. The van der Waals surface area contributed by atoms with Gasteiger partial charge in [0.05, 0.1) is 4.90 Å². The Morgan fingerprint density at radius 3 is 2.04 bits per heavy atom. The Balaban J connectivity index is 1.98. The predicted molar refractivity (Wildman–Crippen MR) is 94.1 cm³/mol. The van der Waals surface area contributed by atoms with Crippen molar-refractivity contribution in [2.24, 2.45) is 11.5 Å². The van der Waals surface area contributed by atoms with Crippen LogP contribution in [0.1, 0.15) is 16.7 Å². The van der Waals surface area contributed by atoms with Crippen molar-refractivity contribution in [3.63, 3.8) is 0 Å². The van der Waals surface area contributed by atoms with E-state index in [0.717, 1.165) is 16.7 Å². The van der Waals surface area contributed by atoms with Gasteiger partial charge in [-0.15, -0.1) is 0 Å². The van der Waals surface area contributed by atoms with Gasteiger partial charge in [-0.05, 0) is 35.2 Å². The van der Waals surface area contributed by atoms with E-state index in [1.165, 1.54) is 12.1 Å². The lowest BCUT2D eigenvalue weighted by Gasteiger charge is -2.09. The fraction of sp³-hybridized carbons (Fsp3) is 0.235. The predicted octanol–water partition coefficient (Wildman–Crippen LogP) is 0.578. The van der Waals surface area contributed by atoms with Gasteiger partial charge in [-0.3, -0.25) is 4.79 Å². The Hall–Kier alpha value is -2.26. The van der Waals surface area contributed by atoms with Gasteiger partial charge in [0.2, 0.25) is 10.0 Å². The molecule has 0 bridgehead atoms. The molecule has 0 saturated carbocycles. The third kappa shape index (κ3) is 5.36. The number of rotatable bonds is 8. The lowest BCUT2D eigenvalue weighted by atomic mass is 10.0. The molecule has 8 heteroatoms. The molecule has 2 rings (SSSR count). The van der Waals surface area contributed by atoms with Gasteiger partial charge in [0.25, 0.3) is 0 Å². The van der Waals surface area contributed by atoms with Gasteiger partial charge in [-0.25, -0.2) is 13.1 Å². The quantitative estimate of drug-likeness (QED) is 0.542. The van der Waals surface area contributed by atoms with E-state index in [1.54, 1.807) is 36.4 Å². The summed E-state index contributed by atoms with van der Waals surface area (Å²) in [6.07, 6.45) is 0.217. The average Bonchev–Trinajstić information content (AvgIpc) is 2.61. The number of benzene rings is 2. The molecule has 0 aromatic heterocycles. The minimum atomic E-state index is -3.61. The highest BCUT2D eigenvalue weighted by atomic mass is 32.2. The molecule has 134 valence electrons. The van der Waals surface area contributed by atoms with Gasteiger partial charge in [0.15, 0.2) is 0 Å². The molecule has 0 amide bonds. The summed E-state index contributed by atoms with van der Waals surface area (Å²) in [5, 5.41) is 8.80. The number of aliphatic carboxylic acids is 1. The molecule has 0 aliphatic rings. The number of nitrogens with one attached hydrogen (secondary N) is 1. The Morgan fingerprint density at radius 1 is 1.00 bits per heavy atom. The molecule has 0 radical (unpaired) electrons. The van der Waals surface area contributed by atoms with Gasteiger partial charge in [-0.1, -0.05) is 36.4 Å². The first-order valence-corrected chi connectivity index (χ1v) is 9.15. The molecule has 7 nitrogen and oxygen atoms in total. The first-order valence-electron chi connectivity index (χ1n) is 7.66. The minimum Gasteiger partial charge on any atom is -0.480 e. The average molecular weight is 363 g/mol. The summed E-state index contributed by atoms with van der Waals surface area (Å²) in [6.45, 7) is 0.484. The van der Waals surface area contributed by atoms with Crippen molar-refractivity contribution in [3.8, 4) is 0 Å². The van der Waals surface area contributed by atoms with Crippen molar-refractivity contribution in [1.82, 2.24) is 4.72 Å². The molecule has 0 aliphatic heterocycles. The Morgan fingerprint density at radius 2 is 1.52 bits per heavy atom. The van der Waals surface area contributed by atoms with Gasteiger partial charge in [0.1, 0.15) is 6.04 Å². The Bertz CT molecular complexity index is 818. The molecule has 0 saturated heterocycles. The van der Waals surface area contributed by atoms with E-state index in [0.29, 0.717) is 6.54 Å². The van der Waals surface area contributed by atoms with Gasteiger partial charge in [0, 0.05) is 13.1 Å². The summed E-state index contributed by atoms with van der Waals surface area (Å²) in [6, 6.07) is 12.4. The Kier molecular flexibility index (Phi) is 6.27. The van der Waals surface area contributed by atoms with E-state index >= 15 is 0 Å². The van der Waals surface area contributed by atoms with Crippen LogP contribution in [0.2, 0.25) is 0 Å². The van der Waals surface area contributed by atoms with E-state index in [2.05, 4.69) is 4.72 Å². The standard InChI is InChI=1S/C17H21N3O4S/c18-10-13-5-7-15(8-6-13)25(23,24)20-11-14-3-1-12(2-4-14)9-16(19)17(21)22/h1-8,16,20H,9-11,18-19H2,(H,21,22)/t16-/m0/s1. The zero-order chi connectivity index (χ0) is 18.4. The highest BCUT2D eigenvalue weighted by molar-refractivity contribution is 7.89. The minimum absolute atomic E-state index is 0.131. The molecular weight excluding hydrogens is 342 g/mol. The maximum absolute atomic E-state index is 12.3. The second-order valence-electron chi connectivity index (χ2n) is 5.64. The van der Waals surface area contributed by atoms with E-state index in [4.69, 9.17) is 16.6 Å². The van der Waals surface area contributed by atoms with Crippen LogP contribution in [0.5, 0.6) is 0 Å². The number of carboxylic acid groups (broad SMARTS) is 1. The molecule has 25 heavy (non-hydrogen) atoms. The van der Waals surface area contributed by atoms with Crippen molar-refractivity contribution in [1.29, 1.82) is 0 Å². The summed E-state index contributed by atoms with van der Waals surface area (Å²) in [7, 11) is -3.61. The fourth-order valence-corrected chi connectivity index (χ4v) is 3.22. The van der Waals surface area contributed by atoms with Crippen LogP contribution in [0.4, 0.5) is 0 Å². The molecule has 0 aliphatic carbocycles. The van der Waals surface area contributed by atoms with E-state index in [9.17, 15) is 13.2 Å². The smallest absolute Gasteiger partial charge is 0.320 e. The zero-order valence-corrected chi connectivity index (χ0v) is 14.4. The number of sulfonamides is 1. The first-order chi connectivity index (χ1) is 11.8. The fourth-order valence-electron chi connectivity index (χ4n) is 2.20. The van der Waals surface area contributed by atoms with Crippen molar-refractivity contribution >= 4 is 16.0 Å². The van der Waals surface area contributed by atoms with E-state index in [1.807, 2.05) is 0 Å². The number of carboxylic acids is 1. The largest absolute Gasteiger partial charge is 0.480 e. The monoisotopic (exact) mass is 363 g/mol. The lowest BCUT2D eigenvalue weighted by molar-refractivity contribution is -0.138. The normalized spacial score (nSPS) is 12.7. The Labute approximate surface area is 146 Å². The second-order valence-corrected chi connectivity index (χ2v) is 7.40. The molecule has 2 aromatic rings. The van der Waals surface area contributed by atoms with E-state index in [-0.39, 0.29) is 17.9 Å². The number of hydrogen-bond acceptors (Lipinski definition) is 5. The van der Waals surface area contributed by atoms with Gasteiger partial charge < -0.3 is 16.6 Å². The highest BCUT2D eigenvalue weighted by Crippen LogP contribution is 2.12. The van der Waals surface area contributed by atoms with E-state index < -0.39 is 22.0 Å². The maximum Gasteiger partial charge on any atom is 0.320 e. The van der Waals surface area contributed by atoms with Crippen LogP contribution in [0, 0.1) is 0 Å². The molecule has 1 atom stereocenters. The van der Waals surface area contributed by atoms with Crippen LogP contribution in [-0.4, -0.2) is 25.5 Å². The van der Waals surface area contributed by atoms with Crippen LogP contribution in [-0.2, 0) is 34.3 Å². The van der Waals surface area contributed by atoms with Crippen LogP contribution in [0.25, 0.3) is 0 Å². The second kappa shape index (κ2) is 8.21.